The van der Waals surface area contributed by atoms with Crippen LogP contribution >= 0.6 is 31.9 Å². The van der Waals surface area contributed by atoms with Gasteiger partial charge in [0, 0.05) is 8.95 Å². The number of benzene rings is 2. The molecule has 3 N–H and O–H groups in total. The van der Waals surface area contributed by atoms with Crippen LogP contribution in [0.5, 0.6) is 11.5 Å². The average molecular weight is 414 g/mol. The number of halogens is 2. The summed E-state index contributed by atoms with van der Waals surface area (Å²) >= 11 is 6.88. The smallest absolute Gasteiger partial charge is 0.173 e. The van der Waals surface area contributed by atoms with Crippen LogP contribution in [-0.2, 0) is 0 Å². The fraction of sp³-hybridized carbons (Fsp3) is 0.133. The van der Waals surface area contributed by atoms with Gasteiger partial charge in [-0.25, -0.2) is 0 Å². The van der Waals surface area contributed by atoms with Gasteiger partial charge in [0.2, 0.25) is 0 Å². The molecule has 0 aliphatic heterocycles. The van der Waals surface area contributed by atoms with Crippen LogP contribution in [-0.4, -0.2) is 11.0 Å². The van der Waals surface area contributed by atoms with Gasteiger partial charge in [-0.1, -0.05) is 37.0 Å². The predicted octanol–water partition coefficient (Wildman–Crippen LogP) is 4.72. The first-order chi connectivity index (χ1) is 9.92. The molecule has 0 radical (unpaired) electrons. The zero-order valence-corrected chi connectivity index (χ0v) is 14.7. The molecule has 2 rings (SSSR count). The highest BCUT2D eigenvalue weighted by atomic mass is 79.9. The van der Waals surface area contributed by atoms with Crippen LogP contribution in [0.3, 0.4) is 0 Å². The number of ether oxygens (including phenoxy) is 1. The SMILES string of the molecule is Cc1cc(Oc2ccc(Br)cc2/C(N)=N/O)cc(C)c1Br. The van der Waals surface area contributed by atoms with E-state index >= 15 is 0 Å². The molecule has 0 heterocycles. The Bertz CT molecular complexity index is 692. The monoisotopic (exact) mass is 412 g/mol. The Morgan fingerprint density at radius 3 is 2.33 bits per heavy atom. The summed E-state index contributed by atoms with van der Waals surface area (Å²) in [6, 6.07) is 9.19. The van der Waals surface area contributed by atoms with Crippen LogP contribution in [0.2, 0.25) is 0 Å². The van der Waals surface area contributed by atoms with Crippen molar-refractivity contribution in [2.45, 2.75) is 13.8 Å². The minimum Gasteiger partial charge on any atom is -0.457 e. The first-order valence-electron chi connectivity index (χ1n) is 6.14. The second kappa shape index (κ2) is 6.49. The normalized spacial score (nSPS) is 11.5. The van der Waals surface area contributed by atoms with E-state index in [4.69, 9.17) is 15.7 Å². The number of nitrogens with two attached hydrogens (primary N) is 1. The van der Waals surface area contributed by atoms with Crippen LogP contribution < -0.4 is 10.5 Å². The van der Waals surface area contributed by atoms with E-state index in [-0.39, 0.29) is 5.84 Å². The maximum atomic E-state index is 8.88. The summed E-state index contributed by atoms with van der Waals surface area (Å²) in [5.74, 6) is 1.22. The standard InChI is InChI=1S/C15H14Br2N2O2/c1-8-5-11(6-9(2)14(8)17)21-13-4-3-10(16)7-12(13)15(18)19-20/h3-7,20H,1-2H3,(H2,18,19). The number of aryl methyl sites for hydroxylation is 2. The summed E-state index contributed by atoms with van der Waals surface area (Å²) in [7, 11) is 0. The number of hydrogen-bond acceptors (Lipinski definition) is 3. The van der Waals surface area contributed by atoms with E-state index < -0.39 is 0 Å². The minimum atomic E-state index is -0.00291. The van der Waals surface area contributed by atoms with Crippen LogP contribution in [0, 0.1) is 13.8 Å². The van der Waals surface area contributed by atoms with Crippen molar-refractivity contribution in [3.63, 3.8) is 0 Å². The first-order valence-corrected chi connectivity index (χ1v) is 7.73. The molecule has 2 aromatic carbocycles. The summed E-state index contributed by atoms with van der Waals surface area (Å²) in [5, 5.41) is 11.9. The average Bonchev–Trinajstić information content (AvgIpc) is 2.45. The third-order valence-corrected chi connectivity index (χ3v) is 4.71. The van der Waals surface area contributed by atoms with Gasteiger partial charge in [0.15, 0.2) is 5.84 Å². The lowest BCUT2D eigenvalue weighted by Crippen LogP contribution is -2.14. The number of oxime groups is 1. The zero-order chi connectivity index (χ0) is 15.6. The molecule has 0 saturated heterocycles. The van der Waals surface area contributed by atoms with Crippen molar-refractivity contribution in [1.29, 1.82) is 0 Å². The van der Waals surface area contributed by atoms with Crippen molar-refractivity contribution in [2.24, 2.45) is 10.9 Å². The topological polar surface area (TPSA) is 67.8 Å². The van der Waals surface area contributed by atoms with Gasteiger partial charge in [-0.15, -0.1) is 0 Å². The molecular formula is C15H14Br2N2O2. The van der Waals surface area contributed by atoms with Gasteiger partial charge in [-0.05, 0) is 55.3 Å². The highest BCUT2D eigenvalue weighted by molar-refractivity contribution is 9.10. The first kappa shape index (κ1) is 15.9. The molecule has 6 heteroatoms. The van der Waals surface area contributed by atoms with Crippen LogP contribution in [0.15, 0.2) is 44.4 Å². The summed E-state index contributed by atoms with van der Waals surface area (Å²) < 4.78 is 7.77. The number of nitrogens with zero attached hydrogens (tertiary/aromatic N) is 1. The third-order valence-electron chi connectivity index (χ3n) is 2.96. The molecule has 0 spiro atoms. The molecule has 0 amide bonds. The summed E-state index contributed by atoms with van der Waals surface area (Å²) in [5.41, 5.74) is 8.36. The van der Waals surface area contributed by atoms with E-state index in [2.05, 4.69) is 37.0 Å². The van der Waals surface area contributed by atoms with Gasteiger partial charge in [0.05, 0.1) is 5.56 Å². The fourth-order valence-electron chi connectivity index (χ4n) is 1.94. The second-order valence-corrected chi connectivity index (χ2v) is 6.31. The lowest BCUT2D eigenvalue weighted by molar-refractivity contribution is 0.318. The number of hydrogen-bond donors (Lipinski definition) is 2. The maximum absolute atomic E-state index is 8.88. The maximum Gasteiger partial charge on any atom is 0.173 e. The van der Waals surface area contributed by atoms with E-state index in [1.165, 1.54) is 0 Å². The highest BCUT2D eigenvalue weighted by Gasteiger charge is 2.11. The van der Waals surface area contributed by atoms with Crippen molar-refractivity contribution >= 4 is 37.7 Å². The Labute approximate surface area is 139 Å². The zero-order valence-electron chi connectivity index (χ0n) is 11.5. The minimum absolute atomic E-state index is 0.00291. The molecule has 0 aliphatic rings. The summed E-state index contributed by atoms with van der Waals surface area (Å²) in [4.78, 5) is 0. The van der Waals surface area contributed by atoms with Gasteiger partial charge < -0.3 is 15.7 Å². The predicted molar refractivity (Wildman–Crippen MR) is 90.3 cm³/mol. The van der Waals surface area contributed by atoms with Crippen molar-refractivity contribution in [3.8, 4) is 11.5 Å². The molecule has 21 heavy (non-hydrogen) atoms. The Hall–Kier alpha value is -1.53. The Morgan fingerprint density at radius 1 is 1.14 bits per heavy atom. The van der Waals surface area contributed by atoms with Gasteiger partial charge in [-0.3, -0.25) is 0 Å². The van der Waals surface area contributed by atoms with E-state index in [9.17, 15) is 0 Å². The van der Waals surface area contributed by atoms with Gasteiger partial charge in [0.1, 0.15) is 11.5 Å². The molecule has 0 atom stereocenters. The molecule has 2 aromatic rings. The van der Waals surface area contributed by atoms with Crippen molar-refractivity contribution in [1.82, 2.24) is 0 Å². The van der Waals surface area contributed by atoms with Crippen LogP contribution in [0.1, 0.15) is 16.7 Å². The lowest BCUT2D eigenvalue weighted by atomic mass is 10.1. The van der Waals surface area contributed by atoms with Crippen molar-refractivity contribution in [2.75, 3.05) is 0 Å². The van der Waals surface area contributed by atoms with Crippen LogP contribution in [0.4, 0.5) is 0 Å². The number of amidine groups is 1. The van der Waals surface area contributed by atoms with Crippen molar-refractivity contribution < 1.29 is 9.94 Å². The molecule has 0 aliphatic carbocycles. The lowest BCUT2D eigenvalue weighted by Gasteiger charge is -2.13. The fourth-order valence-corrected chi connectivity index (χ4v) is 2.53. The molecule has 0 bridgehead atoms. The van der Waals surface area contributed by atoms with Gasteiger partial charge >= 0.3 is 0 Å². The van der Waals surface area contributed by atoms with E-state index in [1.54, 1.807) is 12.1 Å². The Morgan fingerprint density at radius 2 is 1.76 bits per heavy atom. The molecule has 4 nitrogen and oxygen atoms in total. The summed E-state index contributed by atoms with van der Waals surface area (Å²) in [6.45, 7) is 3.99. The van der Waals surface area contributed by atoms with E-state index in [1.807, 2.05) is 32.0 Å². The number of rotatable bonds is 3. The molecule has 0 unspecified atom stereocenters. The van der Waals surface area contributed by atoms with E-state index in [0.29, 0.717) is 17.1 Å². The highest BCUT2D eigenvalue weighted by Crippen LogP contribution is 2.32. The Kier molecular flexibility index (Phi) is 4.90. The van der Waals surface area contributed by atoms with Crippen LogP contribution in [0.25, 0.3) is 0 Å². The molecule has 0 aromatic heterocycles. The van der Waals surface area contributed by atoms with Gasteiger partial charge in [0.25, 0.3) is 0 Å². The molecule has 0 fully saturated rings. The van der Waals surface area contributed by atoms with E-state index in [0.717, 1.165) is 20.1 Å². The molecule has 0 saturated carbocycles. The Balaban J connectivity index is 2.45. The quantitative estimate of drug-likeness (QED) is 0.331. The molecular weight excluding hydrogens is 400 g/mol. The van der Waals surface area contributed by atoms with Gasteiger partial charge in [-0.2, -0.15) is 0 Å². The summed E-state index contributed by atoms with van der Waals surface area (Å²) in [6.07, 6.45) is 0. The van der Waals surface area contributed by atoms with Crippen molar-refractivity contribution in [3.05, 3.63) is 56.0 Å². The third kappa shape index (κ3) is 3.57. The largest absolute Gasteiger partial charge is 0.457 e. The molecule has 110 valence electrons. The second-order valence-electron chi connectivity index (χ2n) is 4.60.